The van der Waals surface area contributed by atoms with E-state index in [1.807, 2.05) is 0 Å². The second-order valence-corrected chi connectivity index (χ2v) is 6.90. The number of allylic oxidation sites excluding steroid dienone is 6. The molecule has 0 aromatic carbocycles. The van der Waals surface area contributed by atoms with E-state index in [4.69, 9.17) is 0 Å². The normalized spacial score (nSPS) is 42.6. The van der Waals surface area contributed by atoms with Crippen LogP contribution in [0.2, 0.25) is 0 Å². The molecule has 3 aliphatic carbocycles. The number of fused-ring (bicyclic) bond motifs is 2. The van der Waals surface area contributed by atoms with Gasteiger partial charge in [0.25, 0.3) is 0 Å². The lowest BCUT2D eigenvalue weighted by Gasteiger charge is -2.51. The number of rotatable bonds is 0. The molecule has 0 radical (unpaired) electrons. The maximum Gasteiger partial charge on any atom is 0.00721 e. The van der Waals surface area contributed by atoms with Gasteiger partial charge in [-0.25, -0.2) is 0 Å². The third-order valence-electron chi connectivity index (χ3n) is 5.39. The maximum absolute atomic E-state index is 2.59. The van der Waals surface area contributed by atoms with Crippen LogP contribution in [0.1, 0.15) is 40.0 Å². The van der Waals surface area contributed by atoms with Crippen LogP contribution in [0, 0.1) is 29.1 Å². The molecule has 0 spiro atoms. The predicted octanol–water partition coefficient (Wildman–Crippen LogP) is 4.75. The zero-order valence-electron chi connectivity index (χ0n) is 11.3. The Kier molecular flexibility index (Phi) is 2.57. The lowest BCUT2D eigenvalue weighted by Crippen LogP contribution is -2.43. The fourth-order valence-corrected chi connectivity index (χ4v) is 4.33. The fraction of sp³-hybridized carbons (Fsp3) is 0.647. The van der Waals surface area contributed by atoms with Crippen LogP contribution in [0.4, 0.5) is 0 Å². The van der Waals surface area contributed by atoms with Gasteiger partial charge in [0.2, 0.25) is 0 Å². The Morgan fingerprint density at radius 3 is 2.82 bits per heavy atom. The summed E-state index contributed by atoms with van der Waals surface area (Å²) in [5.41, 5.74) is 2.01. The molecule has 0 nitrogen and oxygen atoms in total. The Hall–Kier alpha value is -0.780. The van der Waals surface area contributed by atoms with E-state index in [0.717, 1.165) is 17.8 Å². The summed E-state index contributed by atoms with van der Waals surface area (Å²) in [6.07, 6.45) is 16.0. The standard InChI is InChI=1S/C17H24/c1-12-8-9-14-11-13-6-4-5-7-15(13)17(2,3)16(14)10-12/h4-7,11-12,14-16H,8-10H2,1-3H3. The van der Waals surface area contributed by atoms with E-state index in [9.17, 15) is 0 Å². The Labute approximate surface area is 105 Å². The number of hydrogen-bond donors (Lipinski definition) is 0. The van der Waals surface area contributed by atoms with Gasteiger partial charge in [0.05, 0.1) is 0 Å². The Morgan fingerprint density at radius 2 is 2.00 bits per heavy atom. The molecule has 4 unspecified atom stereocenters. The van der Waals surface area contributed by atoms with Gasteiger partial charge in [0.15, 0.2) is 0 Å². The second-order valence-electron chi connectivity index (χ2n) is 6.90. The van der Waals surface area contributed by atoms with Crippen molar-refractivity contribution < 1.29 is 0 Å². The maximum atomic E-state index is 2.59. The first kappa shape index (κ1) is 11.3. The molecule has 0 N–H and O–H groups in total. The van der Waals surface area contributed by atoms with E-state index in [0.29, 0.717) is 11.3 Å². The van der Waals surface area contributed by atoms with Crippen molar-refractivity contribution in [3.8, 4) is 0 Å². The van der Waals surface area contributed by atoms with E-state index in [2.05, 4.69) is 51.2 Å². The van der Waals surface area contributed by atoms with Crippen LogP contribution in [0.5, 0.6) is 0 Å². The summed E-state index contributed by atoms with van der Waals surface area (Å²) < 4.78 is 0. The van der Waals surface area contributed by atoms with Crippen LogP contribution >= 0.6 is 0 Å². The Morgan fingerprint density at radius 1 is 1.18 bits per heavy atom. The van der Waals surface area contributed by atoms with Gasteiger partial charge in [0, 0.05) is 5.92 Å². The van der Waals surface area contributed by atoms with Crippen LogP contribution in [-0.4, -0.2) is 0 Å². The van der Waals surface area contributed by atoms with E-state index in [1.54, 1.807) is 5.57 Å². The average Bonchev–Trinajstić information content (AvgIpc) is 2.31. The van der Waals surface area contributed by atoms with Crippen molar-refractivity contribution in [2.75, 3.05) is 0 Å². The lowest BCUT2D eigenvalue weighted by molar-refractivity contribution is 0.0548. The molecular weight excluding hydrogens is 204 g/mol. The van der Waals surface area contributed by atoms with Gasteiger partial charge in [-0.1, -0.05) is 57.6 Å². The molecule has 92 valence electrons. The van der Waals surface area contributed by atoms with Crippen LogP contribution in [0.15, 0.2) is 36.0 Å². The van der Waals surface area contributed by atoms with Crippen LogP contribution in [0.25, 0.3) is 0 Å². The van der Waals surface area contributed by atoms with Crippen molar-refractivity contribution in [1.82, 2.24) is 0 Å². The van der Waals surface area contributed by atoms with E-state index in [1.165, 1.54) is 19.3 Å². The highest BCUT2D eigenvalue weighted by molar-refractivity contribution is 5.38. The highest BCUT2D eigenvalue weighted by Crippen LogP contribution is 2.54. The molecule has 0 heterocycles. The quantitative estimate of drug-likeness (QED) is 0.561. The third kappa shape index (κ3) is 1.73. The minimum atomic E-state index is 0.435. The number of hydrogen-bond acceptors (Lipinski definition) is 0. The van der Waals surface area contributed by atoms with Crippen LogP contribution in [-0.2, 0) is 0 Å². The predicted molar refractivity (Wildman–Crippen MR) is 73.6 cm³/mol. The molecule has 0 heteroatoms. The van der Waals surface area contributed by atoms with E-state index >= 15 is 0 Å². The second kappa shape index (κ2) is 3.86. The molecule has 0 aromatic heterocycles. The molecule has 4 atom stereocenters. The summed E-state index contributed by atoms with van der Waals surface area (Å²) in [5, 5.41) is 0. The molecule has 0 aliphatic heterocycles. The van der Waals surface area contributed by atoms with E-state index in [-0.39, 0.29) is 0 Å². The zero-order chi connectivity index (χ0) is 12.0. The van der Waals surface area contributed by atoms with Gasteiger partial charge in [-0.3, -0.25) is 0 Å². The van der Waals surface area contributed by atoms with Gasteiger partial charge in [0.1, 0.15) is 0 Å². The molecule has 17 heavy (non-hydrogen) atoms. The summed E-state index contributed by atoms with van der Waals surface area (Å²) in [6.45, 7) is 7.41. The summed E-state index contributed by atoms with van der Waals surface area (Å²) in [6, 6.07) is 0. The van der Waals surface area contributed by atoms with Crippen molar-refractivity contribution in [3.63, 3.8) is 0 Å². The molecule has 1 saturated carbocycles. The summed E-state index contributed by atoms with van der Waals surface area (Å²) in [7, 11) is 0. The summed E-state index contributed by atoms with van der Waals surface area (Å²) >= 11 is 0. The molecule has 0 amide bonds. The van der Waals surface area contributed by atoms with E-state index < -0.39 is 0 Å². The van der Waals surface area contributed by atoms with Crippen molar-refractivity contribution in [2.24, 2.45) is 29.1 Å². The smallest absolute Gasteiger partial charge is 0.00721 e. The van der Waals surface area contributed by atoms with Crippen LogP contribution < -0.4 is 0 Å². The average molecular weight is 228 g/mol. The highest BCUT2D eigenvalue weighted by atomic mass is 14.5. The molecule has 0 bridgehead atoms. The van der Waals surface area contributed by atoms with Crippen molar-refractivity contribution >= 4 is 0 Å². The molecule has 0 saturated heterocycles. The first-order valence-electron chi connectivity index (χ1n) is 7.15. The fourth-order valence-electron chi connectivity index (χ4n) is 4.33. The highest BCUT2D eigenvalue weighted by Gasteiger charge is 2.46. The molecule has 3 rings (SSSR count). The SMILES string of the molecule is CC1CCC2C=C3C=CC=CC3C(C)(C)C2C1. The first-order chi connectivity index (χ1) is 8.09. The minimum Gasteiger partial charge on any atom is -0.0773 e. The van der Waals surface area contributed by atoms with Gasteiger partial charge in [-0.15, -0.1) is 0 Å². The van der Waals surface area contributed by atoms with Gasteiger partial charge in [-0.05, 0) is 41.6 Å². The lowest BCUT2D eigenvalue weighted by atomic mass is 9.53. The Bertz CT molecular complexity index is 394. The monoisotopic (exact) mass is 228 g/mol. The van der Waals surface area contributed by atoms with Crippen molar-refractivity contribution in [3.05, 3.63) is 36.0 Å². The third-order valence-corrected chi connectivity index (χ3v) is 5.39. The largest absolute Gasteiger partial charge is 0.0773 e. The Balaban J connectivity index is 2.00. The van der Waals surface area contributed by atoms with Crippen LogP contribution in [0.3, 0.4) is 0 Å². The topological polar surface area (TPSA) is 0 Å². The molecular formula is C17H24. The van der Waals surface area contributed by atoms with Gasteiger partial charge in [-0.2, -0.15) is 0 Å². The zero-order valence-corrected chi connectivity index (χ0v) is 11.3. The van der Waals surface area contributed by atoms with Crippen molar-refractivity contribution in [1.29, 1.82) is 0 Å². The van der Waals surface area contributed by atoms with Crippen molar-refractivity contribution in [2.45, 2.75) is 40.0 Å². The summed E-state index contributed by atoms with van der Waals surface area (Å²) in [5.74, 6) is 3.30. The molecule has 3 aliphatic rings. The van der Waals surface area contributed by atoms with Gasteiger partial charge >= 0.3 is 0 Å². The summed E-state index contributed by atoms with van der Waals surface area (Å²) in [4.78, 5) is 0. The first-order valence-corrected chi connectivity index (χ1v) is 7.15. The van der Waals surface area contributed by atoms with Gasteiger partial charge < -0.3 is 0 Å². The molecule has 0 aromatic rings. The molecule has 1 fully saturated rings. The minimum absolute atomic E-state index is 0.435.